The molecule has 0 bridgehead atoms. The highest BCUT2D eigenvalue weighted by molar-refractivity contribution is 6.30. The highest BCUT2D eigenvalue weighted by Gasteiger charge is 2.30. The van der Waals surface area contributed by atoms with Gasteiger partial charge in [0.25, 0.3) is 0 Å². The topological polar surface area (TPSA) is 30.0 Å². The fourth-order valence-corrected chi connectivity index (χ4v) is 1.57. The fourth-order valence-electron chi connectivity index (χ4n) is 1.41. The van der Waals surface area contributed by atoms with Gasteiger partial charge in [0.1, 0.15) is 5.69 Å². The molecule has 0 radical (unpaired) electrons. The van der Waals surface area contributed by atoms with Gasteiger partial charge in [-0.25, -0.2) is 0 Å². The van der Waals surface area contributed by atoms with Crippen LogP contribution < -0.4 is 0 Å². The third-order valence-electron chi connectivity index (χ3n) is 3.06. The first kappa shape index (κ1) is 12.2. The number of nitrogens with zero attached hydrogens (tertiary/aromatic N) is 1. The minimum absolute atomic E-state index is 0.0787. The largest absolute Gasteiger partial charge is 0.292 e. The van der Waals surface area contributed by atoms with Crippen LogP contribution in [-0.4, -0.2) is 10.8 Å². The van der Waals surface area contributed by atoms with Gasteiger partial charge in [0.15, 0.2) is 5.78 Å². The summed E-state index contributed by atoms with van der Waals surface area (Å²) in [4.78, 5) is 16.2. The van der Waals surface area contributed by atoms with Crippen LogP contribution in [0.4, 0.5) is 0 Å². The van der Waals surface area contributed by atoms with Crippen molar-refractivity contribution in [3.05, 3.63) is 29.0 Å². The van der Waals surface area contributed by atoms with Crippen LogP contribution in [0.25, 0.3) is 0 Å². The number of hydrogen-bond donors (Lipinski definition) is 0. The third kappa shape index (κ3) is 2.57. The molecule has 1 heterocycles. The van der Waals surface area contributed by atoms with E-state index in [0.717, 1.165) is 12.8 Å². The summed E-state index contributed by atoms with van der Waals surface area (Å²) in [6, 6.07) is 3.31. The maximum absolute atomic E-state index is 12.2. The highest BCUT2D eigenvalue weighted by Crippen LogP contribution is 2.29. The first-order valence-electron chi connectivity index (χ1n) is 5.20. The highest BCUT2D eigenvalue weighted by atomic mass is 35.5. The number of rotatable bonds is 4. The Labute approximate surface area is 95.7 Å². The summed E-state index contributed by atoms with van der Waals surface area (Å²) < 4.78 is 0. The van der Waals surface area contributed by atoms with Gasteiger partial charge < -0.3 is 0 Å². The van der Waals surface area contributed by atoms with E-state index in [1.807, 2.05) is 20.8 Å². The van der Waals surface area contributed by atoms with Crippen molar-refractivity contribution in [1.82, 2.24) is 4.98 Å². The van der Waals surface area contributed by atoms with Crippen LogP contribution >= 0.6 is 11.6 Å². The number of pyridine rings is 1. The standard InChI is InChI=1S/C12H16ClNO/c1-4-12(3,5-2)11(15)10-8-9(13)6-7-14-10/h6-8H,4-5H2,1-3H3. The zero-order valence-electron chi connectivity index (χ0n) is 9.38. The number of halogens is 1. The van der Waals surface area contributed by atoms with E-state index in [1.165, 1.54) is 0 Å². The van der Waals surface area contributed by atoms with Crippen LogP contribution in [0, 0.1) is 5.41 Å². The average Bonchev–Trinajstić information content (AvgIpc) is 2.27. The van der Waals surface area contributed by atoms with Crippen molar-refractivity contribution in [2.24, 2.45) is 5.41 Å². The van der Waals surface area contributed by atoms with Crippen LogP contribution in [0.5, 0.6) is 0 Å². The van der Waals surface area contributed by atoms with Crippen molar-refractivity contribution in [2.45, 2.75) is 33.6 Å². The molecule has 0 saturated carbocycles. The van der Waals surface area contributed by atoms with Gasteiger partial charge >= 0.3 is 0 Å². The summed E-state index contributed by atoms with van der Waals surface area (Å²) in [7, 11) is 0. The monoisotopic (exact) mass is 225 g/mol. The zero-order chi connectivity index (χ0) is 11.5. The summed E-state index contributed by atoms with van der Waals surface area (Å²) in [5, 5.41) is 0.558. The Morgan fingerprint density at radius 2 is 2.07 bits per heavy atom. The minimum atomic E-state index is -0.322. The molecule has 0 saturated heterocycles. The van der Waals surface area contributed by atoms with Crippen molar-refractivity contribution in [3.63, 3.8) is 0 Å². The molecule has 0 amide bonds. The number of aromatic nitrogens is 1. The summed E-state index contributed by atoms with van der Waals surface area (Å²) in [6.07, 6.45) is 3.20. The van der Waals surface area contributed by atoms with Crippen LogP contribution in [-0.2, 0) is 0 Å². The van der Waals surface area contributed by atoms with E-state index in [4.69, 9.17) is 11.6 Å². The molecule has 0 unspecified atom stereocenters. The van der Waals surface area contributed by atoms with E-state index in [0.29, 0.717) is 10.7 Å². The zero-order valence-corrected chi connectivity index (χ0v) is 10.1. The Hall–Kier alpha value is -0.890. The molecule has 15 heavy (non-hydrogen) atoms. The lowest BCUT2D eigenvalue weighted by molar-refractivity contribution is 0.0797. The molecule has 0 aliphatic heterocycles. The van der Waals surface area contributed by atoms with Gasteiger partial charge in [-0.3, -0.25) is 9.78 Å². The molecule has 2 nitrogen and oxygen atoms in total. The Morgan fingerprint density at radius 3 is 2.53 bits per heavy atom. The molecule has 3 heteroatoms. The van der Waals surface area contributed by atoms with E-state index >= 15 is 0 Å². The SMILES string of the molecule is CCC(C)(CC)C(=O)c1cc(Cl)ccn1. The Balaban J connectivity index is 3.03. The molecule has 0 aliphatic rings. The molecule has 0 fully saturated rings. The van der Waals surface area contributed by atoms with Gasteiger partial charge in [0.2, 0.25) is 0 Å². The summed E-state index contributed by atoms with van der Waals surface area (Å²) in [5.74, 6) is 0.0787. The van der Waals surface area contributed by atoms with E-state index in [9.17, 15) is 4.79 Å². The second-order valence-corrected chi connectivity index (χ2v) is 4.39. The lowest BCUT2D eigenvalue weighted by Crippen LogP contribution is -2.27. The molecule has 1 rings (SSSR count). The van der Waals surface area contributed by atoms with E-state index in [2.05, 4.69) is 4.98 Å². The Bertz CT molecular complexity index is 358. The second-order valence-electron chi connectivity index (χ2n) is 3.96. The number of carbonyl (C=O) groups is 1. The number of ketones is 1. The summed E-state index contributed by atoms with van der Waals surface area (Å²) in [6.45, 7) is 6.01. The molecule has 1 aromatic heterocycles. The summed E-state index contributed by atoms with van der Waals surface area (Å²) >= 11 is 5.83. The molecule has 0 N–H and O–H groups in total. The van der Waals surface area contributed by atoms with Crippen LogP contribution in [0.15, 0.2) is 18.3 Å². The Morgan fingerprint density at radius 1 is 1.47 bits per heavy atom. The maximum atomic E-state index is 12.2. The lowest BCUT2D eigenvalue weighted by atomic mass is 9.79. The molecule has 82 valence electrons. The van der Waals surface area contributed by atoms with E-state index in [1.54, 1.807) is 18.3 Å². The third-order valence-corrected chi connectivity index (χ3v) is 3.30. The Kier molecular flexibility index (Phi) is 3.86. The van der Waals surface area contributed by atoms with Crippen LogP contribution in [0.3, 0.4) is 0 Å². The first-order chi connectivity index (χ1) is 7.03. The van der Waals surface area contributed by atoms with Crippen LogP contribution in [0.2, 0.25) is 5.02 Å². The van der Waals surface area contributed by atoms with Crippen LogP contribution in [0.1, 0.15) is 44.1 Å². The molecule has 1 aromatic rings. The number of hydrogen-bond acceptors (Lipinski definition) is 2. The van der Waals surface area contributed by atoms with Gasteiger partial charge in [-0.15, -0.1) is 0 Å². The number of Topliss-reactive ketones (excluding diaryl/α,β-unsaturated/α-hetero) is 1. The first-order valence-corrected chi connectivity index (χ1v) is 5.57. The minimum Gasteiger partial charge on any atom is -0.292 e. The molecule has 0 aliphatic carbocycles. The van der Waals surface area contributed by atoms with Crippen molar-refractivity contribution in [2.75, 3.05) is 0 Å². The van der Waals surface area contributed by atoms with Crippen molar-refractivity contribution < 1.29 is 4.79 Å². The van der Waals surface area contributed by atoms with Crippen molar-refractivity contribution >= 4 is 17.4 Å². The smallest absolute Gasteiger partial charge is 0.187 e. The quantitative estimate of drug-likeness (QED) is 0.731. The second kappa shape index (κ2) is 4.75. The van der Waals surface area contributed by atoms with E-state index in [-0.39, 0.29) is 11.2 Å². The normalized spacial score (nSPS) is 11.5. The molecular weight excluding hydrogens is 210 g/mol. The van der Waals surface area contributed by atoms with Crippen molar-refractivity contribution in [1.29, 1.82) is 0 Å². The molecular formula is C12H16ClNO. The van der Waals surface area contributed by atoms with E-state index < -0.39 is 0 Å². The van der Waals surface area contributed by atoms with Gasteiger partial charge in [-0.2, -0.15) is 0 Å². The van der Waals surface area contributed by atoms with Gasteiger partial charge in [-0.05, 0) is 25.0 Å². The summed E-state index contributed by atoms with van der Waals surface area (Å²) in [5.41, 5.74) is 0.145. The maximum Gasteiger partial charge on any atom is 0.187 e. The van der Waals surface area contributed by atoms with Gasteiger partial charge in [0, 0.05) is 16.6 Å². The average molecular weight is 226 g/mol. The molecule has 0 spiro atoms. The van der Waals surface area contributed by atoms with Gasteiger partial charge in [-0.1, -0.05) is 32.4 Å². The van der Waals surface area contributed by atoms with Crippen molar-refractivity contribution in [3.8, 4) is 0 Å². The van der Waals surface area contributed by atoms with Gasteiger partial charge in [0.05, 0.1) is 0 Å². The predicted molar refractivity (Wildman–Crippen MR) is 62.3 cm³/mol. The number of carbonyl (C=O) groups excluding carboxylic acids is 1. The molecule has 0 aromatic carbocycles. The molecule has 0 atom stereocenters. The lowest BCUT2D eigenvalue weighted by Gasteiger charge is -2.24. The predicted octanol–water partition coefficient (Wildman–Crippen LogP) is 3.74. The fraction of sp³-hybridized carbons (Fsp3) is 0.500.